The summed E-state index contributed by atoms with van der Waals surface area (Å²) in [5.74, 6) is 1.77. The van der Waals surface area contributed by atoms with Gasteiger partial charge in [-0.3, -0.25) is 4.79 Å². The van der Waals surface area contributed by atoms with Gasteiger partial charge in [-0.15, -0.1) is 0 Å². The first kappa shape index (κ1) is 23.7. The van der Waals surface area contributed by atoms with Gasteiger partial charge in [-0.05, 0) is 57.0 Å². The zero-order valence-electron chi connectivity index (χ0n) is 20.1. The van der Waals surface area contributed by atoms with Crippen LogP contribution in [0.1, 0.15) is 55.7 Å². The zero-order chi connectivity index (χ0) is 24.7. The highest BCUT2D eigenvalue weighted by atomic mass is 19.4. The van der Waals surface area contributed by atoms with Crippen molar-refractivity contribution in [1.82, 2.24) is 9.80 Å². The van der Waals surface area contributed by atoms with Gasteiger partial charge >= 0.3 is 6.18 Å². The topological polar surface area (TPSA) is 45.1 Å². The molecule has 2 fully saturated rings. The lowest BCUT2D eigenvalue weighted by Crippen LogP contribution is -2.56. The lowest BCUT2D eigenvalue weighted by molar-refractivity contribution is -0.140. The molecule has 3 aliphatic rings. The fourth-order valence-corrected chi connectivity index (χ4v) is 5.37. The number of amides is 1. The number of piperazine rings is 1. The largest absolute Gasteiger partial charge is 0.454 e. The van der Waals surface area contributed by atoms with Crippen LogP contribution in [0.5, 0.6) is 11.5 Å². The summed E-state index contributed by atoms with van der Waals surface area (Å²) in [7, 11) is 0. The SMILES string of the molecule is Cc1ccc2c(c1)C(N1CCN(C(=O)C3CCCCC3)[C@H](C)C1)=Nc1cc(C(F)(F)F)ccc1O2. The zero-order valence-corrected chi connectivity index (χ0v) is 20.1. The second-order valence-electron chi connectivity index (χ2n) is 9.88. The standard InChI is InChI=1S/C27H30F3N3O2/c1-17-8-10-23-21(14-17)25(31-22-15-20(27(28,29)30)9-11-24(22)35-23)32-12-13-33(18(2)16-32)26(34)19-6-4-3-5-7-19/h8-11,14-15,18-19H,3-7,12-13,16H2,1-2H3/t18-/m1/s1. The van der Waals surface area contributed by atoms with Crippen molar-refractivity contribution >= 4 is 17.4 Å². The smallest absolute Gasteiger partial charge is 0.416 e. The molecule has 2 aliphatic heterocycles. The highest BCUT2D eigenvalue weighted by Crippen LogP contribution is 2.42. The number of nitrogens with zero attached hydrogens (tertiary/aromatic N) is 3. The van der Waals surface area contributed by atoms with E-state index in [1.807, 2.05) is 36.9 Å². The van der Waals surface area contributed by atoms with Gasteiger partial charge in [0.05, 0.1) is 11.1 Å². The molecule has 5 nitrogen and oxygen atoms in total. The van der Waals surface area contributed by atoms with Gasteiger partial charge in [-0.1, -0.05) is 30.9 Å². The highest BCUT2D eigenvalue weighted by molar-refractivity contribution is 6.04. The minimum Gasteiger partial charge on any atom is -0.454 e. The summed E-state index contributed by atoms with van der Waals surface area (Å²) in [6.45, 7) is 5.67. The summed E-state index contributed by atoms with van der Waals surface area (Å²) in [6, 6.07) is 9.06. The summed E-state index contributed by atoms with van der Waals surface area (Å²) < 4.78 is 46.3. The van der Waals surface area contributed by atoms with Crippen LogP contribution < -0.4 is 4.74 Å². The molecule has 0 bridgehead atoms. The molecule has 8 heteroatoms. The van der Waals surface area contributed by atoms with Crippen LogP contribution in [0.25, 0.3) is 0 Å². The van der Waals surface area contributed by atoms with Crippen LogP contribution in [-0.4, -0.2) is 47.2 Å². The lowest BCUT2D eigenvalue weighted by Gasteiger charge is -2.43. The molecule has 1 saturated carbocycles. The van der Waals surface area contributed by atoms with E-state index in [1.165, 1.54) is 12.5 Å². The molecule has 1 aliphatic carbocycles. The number of hydrogen-bond acceptors (Lipinski definition) is 4. The van der Waals surface area contributed by atoms with Crippen molar-refractivity contribution < 1.29 is 22.7 Å². The van der Waals surface area contributed by atoms with E-state index in [0.717, 1.165) is 48.9 Å². The predicted molar refractivity (Wildman–Crippen MR) is 128 cm³/mol. The first-order valence-electron chi connectivity index (χ1n) is 12.3. The Kier molecular flexibility index (Phi) is 6.23. The molecule has 0 N–H and O–H groups in total. The number of carbonyl (C=O) groups is 1. The van der Waals surface area contributed by atoms with Crippen molar-refractivity contribution in [1.29, 1.82) is 0 Å². The van der Waals surface area contributed by atoms with Gasteiger partial charge in [0.15, 0.2) is 5.75 Å². The van der Waals surface area contributed by atoms with Crippen LogP contribution in [0.3, 0.4) is 0 Å². The van der Waals surface area contributed by atoms with Gasteiger partial charge in [0.25, 0.3) is 0 Å². The summed E-state index contributed by atoms with van der Waals surface area (Å²) >= 11 is 0. The Morgan fingerprint density at radius 3 is 2.49 bits per heavy atom. The first-order chi connectivity index (χ1) is 16.7. The number of amidine groups is 1. The molecule has 1 amide bonds. The molecular formula is C27H30F3N3O2. The number of rotatable bonds is 1. The Bertz CT molecular complexity index is 1150. The number of ether oxygens (including phenoxy) is 1. The maximum absolute atomic E-state index is 13.4. The van der Waals surface area contributed by atoms with Crippen molar-refractivity contribution in [2.75, 3.05) is 19.6 Å². The van der Waals surface area contributed by atoms with Gasteiger partial charge < -0.3 is 14.5 Å². The van der Waals surface area contributed by atoms with E-state index in [0.29, 0.717) is 31.2 Å². The third-order valence-electron chi connectivity index (χ3n) is 7.27. The van der Waals surface area contributed by atoms with E-state index in [1.54, 1.807) is 0 Å². The van der Waals surface area contributed by atoms with Crippen molar-refractivity contribution in [2.24, 2.45) is 10.9 Å². The van der Waals surface area contributed by atoms with Crippen LogP contribution in [0.2, 0.25) is 0 Å². The van der Waals surface area contributed by atoms with Gasteiger partial charge in [0, 0.05) is 31.6 Å². The molecule has 2 aromatic rings. The minimum atomic E-state index is -4.47. The van der Waals surface area contributed by atoms with Crippen LogP contribution >= 0.6 is 0 Å². The van der Waals surface area contributed by atoms with Crippen LogP contribution in [0.15, 0.2) is 41.4 Å². The summed E-state index contributed by atoms with van der Waals surface area (Å²) in [5.41, 5.74) is 1.13. The highest BCUT2D eigenvalue weighted by Gasteiger charge is 2.36. The number of fused-ring (bicyclic) bond motifs is 2. The number of aliphatic imine (C=N–C) groups is 1. The number of hydrogen-bond donors (Lipinski definition) is 0. The van der Waals surface area contributed by atoms with Crippen molar-refractivity contribution in [2.45, 2.75) is 58.2 Å². The molecule has 0 spiro atoms. The van der Waals surface area contributed by atoms with Gasteiger partial charge in [0.1, 0.15) is 17.3 Å². The Hall–Kier alpha value is -3.03. The number of carbonyl (C=O) groups excluding carboxylic acids is 1. The number of benzene rings is 2. The molecule has 186 valence electrons. The fourth-order valence-electron chi connectivity index (χ4n) is 5.37. The summed E-state index contributed by atoms with van der Waals surface area (Å²) in [6.07, 6.45) is 0.862. The number of aryl methyl sites for hydroxylation is 1. The maximum atomic E-state index is 13.4. The summed E-state index contributed by atoms with van der Waals surface area (Å²) in [4.78, 5) is 22.0. The van der Waals surface area contributed by atoms with Crippen LogP contribution in [0, 0.1) is 12.8 Å². The molecule has 0 aromatic heterocycles. The second kappa shape index (κ2) is 9.21. The van der Waals surface area contributed by atoms with E-state index in [-0.39, 0.29) is 29.3 Å². The molecule has 5 rings (SSSR count). The van der Waals surface area contributed by atoms with Gasteiger partial charge in [0.2, 0.25) is 5.91 Å². The molecule has 2 aromatic carbocycles. The predicted octanol–water partition coefficient (Wildman–Crippen LogP) is 6.31. The van der Waals surface area contributed by atoms with Crippen molar-refractivity contribution in [3.05, 3.63) is 53.1 Å². The van der Waals surface area contributed by atoms with Crippen LogP contribution in [-0.2, 0) is 11.0 Å². The lowest BCUT2D eigenvalue weighted by atomic mass is 9.87. The third kappa shape index (κ3) is 4.75. The molecular weight excluding hydrogens is 455 g/mol. The van der Waals surface area contributed by atoms with Crippen molar-refractivity contribution in [3.63, 3.8) is 0 Å². The van der Waals surface area contributed by atoms with E-state index in [9.17, 15) is 18.0 Å². The molecule has 1 atom stereocenters. The third-order valence-corrected chi connectivity index (χ3v) is 7.27. The Balaban J connectivity index is 1.47. The molecule has 0 unspecified atom stereocenters. The molecule has 1 saturated heterocycles. The van der Waals surface area contributed by atoms with E-state index in [2.05, 4.69) is 4.90 Å². The Labute approximate surface area is 203 Å². The maximum Gasteiger partial charge on any atom is 0.416 e. The van der Waals surface area contributed by atoms with E-state index < -0.39 is 11.7 Å². The minimum absolute atomic E-state index is 0.0284. The van der Waals surface area contributed by atoms with Gasteiger partial charge in [-0.25, -0.2) is 4.99 Å². The number of alkyl halides is 3. The number of halogens is 3. The average Bonchev–Trinajstić information content (AvgIpc) is 2.99. The Morgan fingerprint density at radius 1 is 1.03 bits per heavy atom. The van der Waals surface area contributed by atoms with Crippen LogP contribution in [0.4, 0.5) is 18.9 Å². The summed E-state index contributed by atoms with van der Waals surface area (Å²) in [5, 5.41) is 0. The Morgan fingerprint density at radius 2 is 1.77 bits per heavy atom. The molecule has 2 heterocycles. The van der Waals surface area contributed by atoms with Crippen molar-refractivity contribution in [3.8, 4) is 11.5 Å². The fraction of sp³-hybridized carbons (Fsp3) is 0.481. The van der Waals surface area contributed by atoms with E-state index in [4.69, 9.17) is 9.73 Å². The monoisotopic (exact) mass is 485 g/mol. The second-order valence-corrected chi connectivity index (χ2v) is 9.88. The van der Waals surface area contributed by atoms with E-state index >= 15 is 0 Å². The van der Waals surface area contributed by atoms with Gasteiger partial charge in [-0.2, -0.15) is 13.2 Å². The average molecular weight is 486 g/mol. The normalized spacial score (nSPS) is 20.9. The quantitative estimate of drug-likeness (QED) is 0.476. The molecule has 35 heavy (non-hydrogen) atoms. The first-order valence-corrected chi connectivity index (χ1v) is 12.3. The molecule has 0 radical (unpaired) electrons.